The molecule has 2 aromatic heterocycles. The molecule has 130 valence electrons. The Labute approximate surface area is 147 Å². The number of fused-ring (bicyclic) bond motifs is 2. The fourth-order valence-electron chi connectivity index (χ4n) is 3.26. The van der Waals surface area contributed by atoms with E-state index in [2.05, 4.69) is 4.98 Å². The van der Waals surface area contributed by atoms with Crippen molar-refractivity contribution in [1.82, 2.24) is 14.5 Å². The molecule has 0 N–H and O–H groups in total. The topological polar surface area (TPSA) is 38.1 Å². The number of aromatic nitrogens is 2. The average Bonchev–Trinajstić information content (AvgIpc) is 2.84. The maximum atomic E-state index is 13.9. The van der Waals surface area contributed by atoms with Crippen LogP contribution in [0, 0.1) is 18.6 Å². The lowest BCUT2D eigenvalue weighted by atomic mass is 10.2. The smallest absolute Gasteiger partial charge is 0.271 e. The molecule has 3 heterocycles. The van der Waals surface area contributed by atoms with Crippen LogP contribution in [0.3, 0.4) is 0 Å². The van der Waals surface area contributed by atoms with Gasteiger partial charge in [0.25, 0.3) is 5.56 Å². The van der Waals surface area contributed by atoms with Crippen LogP contribution in [0.15, 0.2) is 28.4 Å². The number of hydrogen-bond donors (Lipinski definition) is 0. The van der Waals surface area contributed by atoms with Crippen LogP contribution in [-0.4, -0.2) is 27.5 Å². The van der Waals surface area contributed by atoms with Crippen LogP contribution in [-0.2, 0) is 19.5 Å². The van der Waals surface area contributed by atoms with Crippen molar-refractivity contribution in [3.8, 4) is 0 Å². The molecular weight excluding hydrogens is 344 g/mol. The fraction of sp³-hybridized carbons (Fsp3) is 0.333. The Balaban J connectivity index is 1.62. The van der Waals surface area contributed by atoms with Crippen LogP contribution in [0.25, 0.3) is 10.2 Å². The normalized spacial score (nSPS) is 15.3. The van der Waals surface area contributed by atoms with E-state index in [0.717, 1.165) is 23.0 Å². The highest BCUT2D eigenvalue weighted by atomic mass is 32.1. The predicted molar refractivity (Wildman–Crippen MR) is 94.0 cm³/mol. The zero-order valence-corrected chi connectivity index (χ0v) is 14.6. The first-order chi connectivity index (χ1) is 12.0. The Morgan fingerprint density at radius 1 is 1.24 bits per heavy atom. The lowest BCUT2D eigenvalue weighted by Crippen LogP contribution is -2.28. The van der Waals surface area contributed by atoms with Crippen molar-refractivity contribution >= 4 is 21.6 Å². The minimum Gasteiger partial charge on any atom is -0.297 e. The molecule has 1 aliphatic rings. The molecule has 4 nitrogen and oxygen atoms in total. The fourth-order valence-corrected chi connectivity index (χ4v) is 4.20. The van der Waals surface area contributed by atoms with Gasteiger partial charge in [-0.1, -0.05) is 12.1 Å². The summed E-state index contributed by atoms with van der Waals surface area (Å²) in [7, 11) is 0. The summed E-state index contributed by atoms with van der Waals surface area (Å²) in [6.45, 7) is 4.03. The summed E-state index contributed by atoms with van der Waals surface area (Å²) in [5, 5.41) is 1.96. The van der Waals surface area contributed by atoms with Gasteiger partial charge in [0.1, 0.15) is 10.5 Å². The first-order valence-corrected chi connectivity index (χ1v) is 9.05. The SMILES string of the molecule is Cc1csc2c(=O)n3c(nc12)CCN(Cc1cccc(F)c1F)CC3. The molecule has 0 bridgehead atoms. The molecule has 0 unspecified atom stereocenters. The highest BCUT2D eigenvalue weighted by Gasteiger charge is 2.20. The largest absolute Gasteiger partial charge is 0.297 e. The van der Waals surface area contributed by atoms with Crippen LogP contribution in [0.5, 0.6) is 0 Å². The van der Waals surface area contributed by atoms with Crippen molar-refractivity contribution in [1.29, 1.82) is 0 Å². The summed E-state index contributed by atoms with van der Waals surface area (Å²) in [6.07, 6.45) is 0.609. The van der Waals surface area contributed by atoms with Gasteiger partial charge in [-0.15, -0.1) is 11.3 Å². The third-order valence-corrected chi connectivity index (χ3v) is 5.73. The molecule has 1 aromatic carbocycles. The third kappa shape index (κ3) is 2.87. The molecule has 3 aromatic rings. The lowest BCUT2D eigenvalue weighted by Gasteiger charge is -2.19. The molecule has 0 amide bonds. The van der Waals surface area contributed by atoms with Crippen molar-refractivity contribution in [3.05, 3.63) is 62.5 Å². The van der Waals surface area contributed by atoms with E-state index in [9.17, 15) is 13.6 Å². The molecule has 4 rings (SSSR count). The summed E-state index contributed by atoms with van der Waals surface area (Å²) in [5.74, 6) is -0.860. The van der Waals surface area contributed by atoms with Gasteiger partial charge >= 0.3 is 0 Å². The van der Waals surface area contributed by atoms with Gasteiger partial charge in [0.2, 0.25) is 0 Å². The lowest BCUT2D eigenvalue weighted by molar-refractivity contribution is 0.266. The van der Waals surface area contributed by atoms with Crippen molar-refractivity contribution in [3.63, 3.8) is 0 Å². The summed E-state index contributed by atoms with van der Waals surface area (Å²) >= 11 is 1.43. The van der Waals surface area contributed by atoms with Gasteiger partial charge in [-0.05, 0) is 23.9 Å². The van der Waals surface area contributed by atoms with Crippen LogP contribution in [0.4, 0.5) is 8.78 Å². The number of hydrogen-bond acceptors (Lipinski definition) is 4. The van der Waals surface area contributed by atoms with Gasteiger partial charge in [0.15, 0.2) is 11.6 Å². The number of halogens is 2. The maximum absolute atomic E-state index is 13.9. The van der Waals surface area contributed by atoms with E-state index in [1.165, 1.54) is 17.4 Å². The third-order valence-electron chi connectivity index (χ3n) is 4.65. The van der Waals surface area contributed by atoms with E-state index in [1.807, 2.05) is 17.2 Å². The van der Waals surface area contributed by atoms with Gasteiger partial charge in [-0.3, -0.25) is 14.3 Å². The quantitative estimate of drug-likeness (QED) is 0.704. The average molecular weight is 361 g/mol. The van der Waals surface area contributed by atoms with Gasteiger partial charge in [-0.25, -0.2) is 13.8 Å². The number of rotatable bonds is 2. The van der Waals surface area contributed by atoms with Crippen LogP contribution in [0.1, 0.15) is 17.0 Å². The summed E-state index contributed by atoms with van der Waals surface area (Å²) in [6, 6.07) is 4.24. The molecule has 0 spiro atoms. The van der Waals surface area contributed by atoms with E-state index >= 15 is 0 Å². The first kappa shape index (κ1) is 16.4. The summed E-state index contributed by atoms with van der Waals surface area (Å²) < 4.78 is 29.7. The van der Waals surface area contributed by atoms with Crippen LogP contribution < -0.4 is 5.56 Å². The van der Waals surface area contributed by atoms with E-state index in [0.29, 0.717) is 42.9 Å². The molecule has 25 heavy (non-hydrogen) atoms. The molecule has 7 heteroatoms. The van der Waals surface area contributed by atoms with Crippen molar-refractivity contribution in [2.45, 2.75) is 26.4 Å². The molecular formula is C18H17F2N3OS. The second kappa shape index (κ2) is 6.31. The Morgan fingerprint density at radius 3 is 2.92 bits per heavy atom. The highest BCUT2D eigenvalue weighted by molar-refractivity contribution is 7.17. The van der Waals surface area contributed by atoms with Crippen LogP contribution in [0.2, 0.25) is 0 Å². The standard InChI is InChI=1S/C18H17F2N3OS/c1-11-10-25-17-16(11)21-14-5-6-22(7-8-23(14)18(17)24)9-12-3-2-4-13(19)15(12)20/h2-4,10H,5-9H2,1H3. The second-order valence-corrected chi connectivity index (χ2v) is 7.20. The molecule has 0 fully saturated rings. The zero-order chi connectivity index (χ0) is 17.6. The Kier molecular flexibility index (Phi) is 4.13. The van der Waals surface area contributed by atoms with Crippen molar-refractivity contribution in [2.75, 3.05) is 13.1 Å². The maximum Gasteiger partial charge on any atom is 0.271 e. The van der Waals surface area contributed by atoms with E-state index in [-0.39, 0.29) is 5.56 Å². The molecule has 0 radical (unpaired) electrons. The van der Waals surface area contributed by atoms with Gasteiger partial charge < -0.3 is 0 Å². The van der Waals surface area contributed by atoms with Crippen molar-refractivity contribution < 1.29 is 8.78 Å². The number of benzene rings is 1. The van der Waals surface area contributed by atoms with E-state index < -0.39 is 11.6 Å². The minimum atomic E-state index is -0.829. The Morgan fingerprint density at radius 2 is 2.08 bits per heavy atom. The van der Waals surface area contributed by atoms with E-state index in [4.69, 9.17) is 0 Å². The second-order valence-electron chi connectivity index (χ2n) is 6.32. The number of aryl methyl sites for hydroxylation is 1. The van der Waals surface area contributed by atoms with Gasteiger partial charge in [0.05, 0.1) is 5.52 Å². The molecule has 0 aliphatic carbocycles. The zero-order valence-electron chi connectivity index (χ0n) is 13.8. The van der Waals surface area contributed by atoms with Gasteiger partial charge in [-0.2, -0.15) is 0 Å². The number of nitrogens with zero attached hydrogens (tertiary/aromatic N) is 3. The molecule has 0 saturated heterocycles. The highest BCUT2D eigenvalue weighted by Crippen LogP contribution is 2.22. The monoisotopic (exact) mass is 361 g/mol. The van der Waals surface area contributed by atoms with Crippen molar-refractivity contribution in [2.24, 2.45) is 0 Å². The Bertz CT molecular complexity index is 1010. The van der Waals surface area contributed by atoms with E-state index in [1.54, 1.807) is 10.6 Å². The first-order valence-electron chi connectivity index (χ1n) is 8.17. The summed E-state index contributed by atoms with van der Waals surface area (Å²) in [4.78, 5) is 19.4. The van der Waals surface area contributed by atoms with Crippen LogP contribution >= 0.6 is 11.3 Å². The molecule has 1 aliphatic heterocycles. The number of thiophene rings is 1. The Hall–Kier alpha value is -2.12. The predicted octanol–water partition coefficient (Wildman–Crippen LogP) is 3.10. The van der Waals surface area contributed by atoms with Gasteiger partial charge in [0, 0.05) is 38.2 Å². The minimum absolute atomic E-state index is 0.00288. The molecule has 0 atom stereocenters. The molecule has 0 saturated carbocycles. The summed E-state index contributed by atoms with van der Waals surface area (Å²) in [5.41, 5.74) is 2.13.